The van der Waals surface area contributed by atoms with E-state index in [1.54, 1.807) is 0 Å². The van der Waals surface area contributed by atoms with Gasteiger partial charge < -0.3 is 24.8 Å². The SMILES string of the molecule is CC.CC.CCCCCC(OCC(O)CCO)C1CC(O)C(C)O1. The van der Waals surface area contributed by atoms with E-state index in [-0.39, 0.29) is 31.5 Å². The van der Waals surface area contributed by atoms with Crippen LogP contribution >= 0.6 is 0 Å². The average molecular weight is 351 g/mol. The van der Waals surface area contributed by atoms with Crippen LogP contribution in [0.1, 0.15) is 80.1 Å². The van der Waals surface area contributed by atoms with E-state index in [9.17, 15) is 10.2 Å². The van der Waals surface area contributed by atoms with E-state index in [1.807, 2.05) is 34.6 Å². The molecule has 5 nitrogen and oxygen atoms in total. The highest BCUT2D eigenvalue weighted by molar-refractivity contribution is 4.84. The Hall–Kier alpha value is -0.200. The van der Waals surface area contributed by atoms with Gasteiger partial charge in [0.15, 0.2) is 0 Å². The fourth-order valence-electron chi connectivity index (χ4n) is 2.53. The van der Waals surface area contributed by atoms with Crippen LogP contribution in [0, 0.1) is 0 Å². The molecule has 1 heterocycles. The minimum absolute atomic E-state index is 0.0410. The van der Waals surface area contributed by atoms with Crippen LogP contribution in [0.4, 0.5) is 0 Å². The second-order valence-corrected chi connectivity index (χ2v) is 5.72. The van der Waals surface area contributed by atoms with Gasteiger partial charge in [-0.25, -0.2) is 0 Å². The molecular weight excluding hydrogens is 308 g/mol. The summed E-state index contributed by atoms with van der Waals surface area (Å²) in [5.74, 6) is 0. The van der Waals surface area contributed by atoms with Gasteiger partial charge >= 0.3 is 0 Å². The van der Waals surface area contributed by atoms with Gasteiger partial charge in [0.2, 0.25) is 0 Å². The average Bonchev–Trinajstić information content (AvgIpc) is 2.93. The molecular formula is C19H42O5. The summed E-state index contributed by atoms with van der Waals surface area (Å²) >= 11 is 0. The third kappa shape index (κ3) is 11.4. The van der Waals surface area contributed by atoms with Gasteiger partial charge in [-0.2, -0.15) is 0 Å². The van der Waals surface area contributed by atoms with E-state index < -0.39 is 12.2 Å². The molecule has 0 saturated carbocycles. The lowest BCUT2D eigenvalue weighted by Gasteiger charge is -2.25. The van der Waals surface area contributed by atoms with Gasteiger partial charge in [0.25, 0.3) is 0 Å². The van der Waals surface area contributed by atoms with Crippen molar-refractivity contribution in [2.75, 3.05) is 13.2 Å². The van der Waals surface area contributed by atoms with Crippen LogP contribution in [0.3, 0.4) is 0 Å². The zero-order valence-electron chi connectivity index (χ0n) is 16.7. The first-order chi connectivity index (χ1) is 11.6. The molecule has 0 aliphatic carbocycles. The van der Waals surface area contributed by atoms with Crippen molar-refractivity contribution in [3.05, 3.63) is 0 Å². The molecule has 0 radical (unpaired) electrons. The van der Waals surface area contributed by atoms with Gasteiger partial charge in [-0.3, -0.25) is 0 Å². The molecule has 1 saturated heterocycles. The third-order valence-corrected chi connectivity index (χ3v) is 3.88. The number of hydrogen-bond donors (Lipinski definition) is 3. The van der Waals surface area contributed by atoms with Crippen LogP contribution in [-0.2, 0) is 9.47 Å². The smallest absolute Gasteiger partial charge is 0.0867 e. The maximum Gasteiger partial charge on any atom is 0.0867 e. The predicted molar refractivity (Wildman–Crippen MR) is 99.2 cm³/mol. The molecule has 148 valence electrons. The van der Waals surface area contributed by atoms with E-state index in [4.69, 9.17) is 14.6 Å². The van der Waals surface area contributed by atoms with Crippen LogP contribution in [-0.4, -0.2) is 59.1 Å². The monoisotopic (exact) mass is 350 g/mol. The summed E-state index contributed by atoms with van der Waals surface area (Å²) in [7, 11) is 0. The van der Waals surface area contributed by atoms with E-state index in [2.05, 4.69) is 6.92 Å². The maximum absolute atomic E-state index is 9.79. The topological polar surface area (TPSA) is 79.2 Å². The lowest BCUT2D eigenvalue weighted by molar-refractivity contribution is -0.0927. The summed E-state index contributed by atoms with van der Waals surface area (Å²) in [6, 6.07) is 0. The number of ether oxygens (including phenoxy) is 2. The molecule has 1 aliphatic rings. The first kappa shape index (κ1) is 26.0. The molecule has 0 amide bonds. The van der Waals surface area contributed by atoms with Crippen molar-refractivity contribution in [2.24, 2.45) is 0 Å². The zero-order chi connectivity index (χ0) is 19.0. The fraction of sp³-hybridized carbons (Fsp3) is 1.00. The normalized spacial score (nSPS) is 25.1. The van der Waals surface area contributed by atoms with E-state index in [0.717, 1.165) is 25.7 Å². The van der Waals surface area contributed by atoms with Crippen molar-refractivity contribution < 1.29 is 24.8 Å². The van der Waals surface area contributed by atoms with Crippen LogP contribution in [0.2, 0.25) is 0 Å². The van der Waals surface area contributed by atoms with Crippen LogP contribution in [0.15, 0.2) is 0 Å². The van der Waals surface area contributed by atoms with Crippen molar-refractivity contribution in [1.29, 1.82) is 0 Å². The molecule has 5 unspecified atom stereocenters. The second-order valence-electron chi connectivity index (χ2n) is 5.72. The molecule has 0 aromatic rings. The molecule has 1 fully saturated rings. The number of aliphatic hydroxyl groups is 3. The third-order valence-electron chi connectivity index (χ3n) is 3.88. The summed E-state index contributed by atoms with van der Waals surface area (Å²) in [4.78, 5) is 0. The lowest BCUT2D eigenvalue weighted by atomic mass is 10.0. The van der Waals surface area contributed by atoms with Crippen molar-refractivity contribution >= 4 is 0 Å². The largest absolute Gasteiger partial charge is 0.396 e. The van der Waals surface area contributed by atoms with Crippen molar-refractivity contribution in [3.63, 3.8) is 0 Å². The van der Waals surface area contributed by atoms with Gasteiger partial charge in [-0.1, -0.05) is 53.9 Å². The fourth-order valence-corrected chi connectivity index (χ4v) is 2.53. The van der Waals surface area contributed by atoms with E-state index in [1.165, 1.54) is 0 Å². The molecule has 0 bridgehead atoms. The van der Waals surface area contributed by atoms with E-state index in [0.29, 0.717) is 12.8 Å². The Labute approximate surface area is 149 Å². The van der Waals surface area contributed by atoms with Crippen molar-refractivity contribution in [2.45, 2.75) is 111 Å². The van der Waals surface area contributed by atoms with Crippen LogP contribution in [0.25, 0.3) is 0 Å². The Morgan fingerprint density at radius 2 is 1.75 bits per heavy atom. The molecule has 3 N–H and O–H groups in total. The molecule has 1 rings (SSSR count). The summed E-state index contributed by atoms with van der Waals surface area (Å²) in [5.41, 5.74) is 0. The summed E-state index contributed by atoms with van der Waals surface area (Å²) in [5, 5.41) is 28.2. The molecule has 5 atom stereocenters. The molecule has 0 aromatic heterocycles. The number of aliphatic hydroxyl groups excluding tert-OH is 3. The van der Waals surface area contributed by atoms with E-state index >= 15 is 0 Å². The Balaban J connectivity index is 0. The van der Waals surface area contributed by atoms with Gasteiger partial charge in [0.05, 0.1) is 37.1 Å². The Bertz CT molecular complexity index is 240. The summed E-state index contributed by atoms with van der Waals surface area (Å²) in [6.07, 6.45) is 3.73. The first-order valence-electron chi connectivity index (χ1n) is 9.82. The molecule has 24 heavy (non-hydrogen) atoms. The maximum atomic E-state index is 9.79. The standard InChI is InChI=1S/C15H30O5.2C2H6/c1-3-4-5-6-14(19-10-12(17)7-8-16)15-9-13(18)11(2)20-15;2*1-2/h11-18H,3-10H2,1-2H3;2*1-2H3. The molecule has 5 heteroatoms. The highest BCUT2D eigenvalue weighted by Gasteiger charge is 2.36. The summed E-state index contributed by atoms with van der Waals surface area (Å²) < 4.78 is 11.5. The zero-order valence-corrected chi connectivity index (χ0v) is 16.7. The van der Waals surface area contributed by atoms with Crippen LogP contribution < -0.4 is 0 Å². The Morgan fingerprint density at radius 1 is 1.12 bits per heavy atom. The van der Waals surface area contributed by atoms with Gasteiger partial charge in [-0.05, 0) is 19.8 Å². The predicted octanol–water partition coefficient (Wildman–Crippen LogP) is 3.29. The summed E-state index contributed by atoms with van der Waals surface area (Å²) in [6.45, 7) is 12.2. The number of rotatable bonds is 10. The highest BCUT2D eigenvalue weighted by atomic mass is 16.6. The van der Waals surface area contributed by atoms with Crippen molar-refractivity contribution in [3.8, 4) is 0 Å². The Kier molecular flexibility index (Phi) is 19.1. The highest BCUT2D eigenvalue weighted by Crippen LogP contribution is 2.26. The second kappa shape index (κ2) is 17.6. The Morgan fingerprint density at radius 3 is 2.21 bits per heavy atom. The van der Waals surface area contributed by atoms with Crippen LogP contribution in [0.5, 0.6) is 0 Å². The number of unbranched alkanes of at least 4 members (excludes halogenated alkanes) is 2. The van der Waals surface area contributed by atoms with Gasteiger partial charge in [0, 0.05) is 13.0 Å². The number of hydrogen-bond acceptors (Lipinski definition) is 5. The van der Waals surface area contributed by atoms with Gasteiger partial charge in [-0.15, -0.1) is 0 Å². The molecule has 1 aliphatic heterocycles. The van der Waals surface area contributed by atoms with Gasteiger partial charge in [0.1, 0.15) is 0 Å². The molecule has 0 spiro atoms. The minimum Gasteiger partial charge on any atom is -0.396 e. The molecule has 0 aromatic carbocycles. The lowest BCUT2D eigenvalue weighted by Crippen LogP contribution is -2.32. The quantitative estimate of drug-likeness (QED) is 0.527. The van der Waals surface area contributed by atoms with Crippen molar-refractivity contribution in [1.82, 2.24) is 0 Å². The first-order valence-corrected chi connectivity index (χ1v) is 9.82. The minimum atomic E-state index is -0.641.